The fraction of sp³-hybridized carbons (Fsp3) is 0.367. The van der Waals surface area contributed by atoms with Crippen LogP contribution in [-0.2, 0) is 26.1 Å². The molecule has 212 valence electrons. The van der Waals surface area contributed by atoms with Crippen LogP contribution < -0.4 is 4.18 Å². The molecule has 0 spiro atoms. The quantitative estimate of drug-likeness (QED) is 0.0896. The zero-order chi connectivity index (χ0) is 28.5. The summed E-state index contributed by atoms with van der Waals surface area (Å²) in [5.74, 6) is -0.165. The van der Waals surface area contributed by atoms with Gasteiger partial charge < -0.3 is 8.92 Å². The van der Waals surface area contributed by atoms with Crippen LogP contribution in [-0.4, -0.2) is 36.0 Å². The number of hydrogen-bond donors (Lipinski definition) is 0. The number of aryl methyl sites for hydroxylation is 2. The standard InChI is InChI=1S/C30H34ClN3O5S/c1-3-4-5-6-7-11-18-38-29(35)17-14-23-19-22(2)30(39-40(36,37)25-12-9-8-10-13-25)28(20-23)34-32-26-16-15-24(31)21-27(26)33-34/h8-10,12-13,15-16,19-21H,3-7,11,14,17-18H2,1-2H3. The molecule has 1 heterocycles. The summed E-state index contributed by atoms with van der Waals surface area (Å²) in [4.78, 5) is 13.8. The van der Waals surface area contributed by atoms with Gasteiger partial charge in [0.05, 0.1) is 6.61 Å². The molecule has 0 N–H and O–H groups in total. The van der Waals surface area contributed by atoms with Crippen molar-refractivity contribution in [2.24, 2.45) is 0 Å². The SMILES string of the molecule is CCCCCCCCOC(=O)CCc1cc(C)c(OS(=O)(=O)c2ccccc2)c(-n2nc3ccc(Cl)cc3n2)c1. The molecule has 8 nitrogen and oxygen atoms in total. The first-order chi connectivity index (χ1) is 19.3. The van der Waals surface area contributed by atoms with Crippen molar-refractivity contribution in [3.63, 3.8) is 0 Å². The van der Waals surface area contributed by atoms with E-state index in [1.54, 1.807) is 55.5 Å². The molecule has 0 amide bonds. The highest BCUT2D eigenvalue weighted by molar-refractivity contribution is 7.87. The number of ether oxygens (including phenoxy) is 1. The molecular formula is C30H34ClN3O5S. The summed E-state index contributed by atoms with van der Waals surface area (Å²) >= 11 is 6.13. The third-order valence-electron chi connectivity index (χ3n) is 6.48. The molecule has 0 aliphatic heterocycles. The van der Waals surface area contributed by atoms with E-state index in [4.69, 9.17) is 20.5 Å². The van der Waals surface area contributed by atoms with E-state index in [9.17, 15) is 13.2 Å². The summed E-state index contributed by atoms with van der Waals surface area (Å²) in [6.45, 7) is 4.36. The van der Waals surface area contributed by atoms with Crippen molar-refractivity contribution in [2.45, 2.75) is 70.1 Å². The second-order valence-corrected chi connectivity index (χ2v) is 11.7. The van der Waals surface area contributed by atoms with Gasteiger partial charge in [0.1, 0.15) is 21.6 Å². The van der Waals surface area contributed by atoms with Gasteiger partial charge in [0.25, 0.3) is 0 Å². The molecule has 0 saturated heterocycles. The summed E-state index contributed by atoms with van der Waals surface area (Å²) in [7, 11) is -4.13. The Morgan fingerprint density at radius 3 is 2.42 bits per heavy atom. The molecule has 4 rings (SSSR count). The van der Waals surface area contributed by atoms with Crippen molar-refractivity contribution in [1.82, 2.24) is 15.0 Å². The van der Waals surface area contributed by atoms with Crippen LogP contribution in [0.15, 0.2) is 65.6 Å². The van der Waals surface area contributed by atoms with Crippen molar-refractivity contribution in [1.29, 1.82) is 0 Å². The zero-order valence-electron chi connectivity index (χ0n) is 22.8. The van der Waals surface area contributed by atoms with Crippen LogP contribution in [0.5, 0.6) is 5.75 Å². The number of esters is 1. The molecule has 0 fully saturated rings. The number of carbonyl (C=O) groups excluding carboxylic acids is 1. The van der Waals surface area contributed by atoms with Crippen LogP contribution in [0.25, 0.3) is 16.7 Å². The van der Waals surface area contributed by atoms with Gasteiger partial charge in [-0.1, -0.05) is 74.9 Å². The first kappa shape index (κ1) is 29.6. The van der Waals surface area contributed by atoms with E-state index in [1.165, 1.54) is 36.2 Å². The van der Waals surface area contributed by atoms with Crippen molar-refractivity contribution >= 4 is 38.7 Å². The molecule has 4 aromatic rings. The Hall–Kier alpha value is -3.43. The highest BCUT2D eigenvalue weighted by atomic mass is 35.5. The van der Waals surface area contributed by atoms with Gasteiger partial charge in [0, 0.05) is 11.4 Å². The Labute approximate surface area is 240 Å². The molecule has 0 radical (unpaired) electrons. The van der Waals surface area contributed by atoms with Crippen LogP contribution in [0.1, 0.15) is 63.0 Å². The maximum Gasteiger partial charge on any atom is 0.339 e. The smallest absolute Gasteiger partial charge is 0.339 e. The minimum atomic E-state index is -4.13. The van der Waals surface area contributed by atoms with Gasteiger partial charge in [-0.15, -0.1) is 15.0 Å². The molecule has 40 heavy (non-hydrogen) atoms. The number of benzene rings is 3. The Morgan fingerprint density at radius 2 is 1.65 bits per heavy atom. The van der Waals surface area contributed by atoms with Crippen molar-refractivity contribution in [3.05, 3.63) is 76.8 Å². The number of rotatable bonds is 14. The third-order valence-corrected chi connectivity index (χ3v) is 7.95. The molecule has 0 aliphatic carbocycles. The van der Waals surface area contributed by atoms with Gasteiger partial charge in [0.2, 0.25) is 0 Å². The van der Waals surface area contributed by atoms with Crippen molar-refractivity contribution in [2.75, 3.05) is 6.61 Å². The summed E-state index contributed by atoms with van der Waals surface area (Å²) < 4.78 is 37.3. The fourth-order valence-electron chi connectivity index (χ4n) is 4.36. The Balaban J connectivity index is 1.55. The number of unbranched alkanes of at least 4 members (excludes halogenated alkanes) is 5. The monoisotopic (exact) mass is 583 g/mol. The van der Waals surface area contributed by atoms with Crippen molar-refractivity contribution in [3.8, 4) is 11.4 Å². The van der Waals surface area contributed by atoms with E-state index < -0.39 is 10.1 Å². The average molecular weight is 584 g/mol. The Kier molecular flexibility index (Phi) is 10.2. The number of nitrogens with zero attached hydrogens (tertiary/aromatic N) is 3. The topological polar surface area (TPSA) is 100 Å². The number of aromatic nitrogens is 3. The first-order valence-electron chi connectivity index (χ1n) is 13.6. The lowest BCUT2D eigenvalue weighted by Crippen LogP contribution is -2.14. The fourth-order valence-corrected chi connectivity index (χ4v) is 5.55. The molecule has 10 heteroatoms. The molecule has 1 aromatic heterocycles. The van der Waals surface area contributed by atoms with Crippen LogP contribution in [0, 0.1) is 6.92 Å². The zero-order valence-corrected chi connectivity index (χ0v) is 24.4. The van der Waals surface area contributed by atoms with Gasteiger partial charge >= 0.3 is 16.1 Å². The normalized spacial score (nSPS) is 11.6. The van der Waals surface area contributed by atoms with Gasteiger partial charge in [-0.25, -0.2) is 0 Å². The van der Waals surface area contributed by atoms with E-state index in [2.05, 4.69) is 17.1 Å². The van der Waals surface area contributed by atoms with E-state index in [0.717, 1.165) is 24.8 Å². The summed E-state index contributed by atoms with van der Waals surface area (Å²) in [5, 5.41) is 9.54. The maximum atomic E-state index is 13.1. The van der Waals surface area contributed by atoms with Crippen LogP contribution in [0.4, 0.5) is 0 Å². The van der Waals surface area contributed by atoms with Gasteiger partial charge in [0.15, 0.2) is 5.75 Å². The lowest BCUT2D eigenvalue weighted by Gasteiger charge is -2.15. The second-order valence-electron chi connectivity index (χ2n) is 9.72. The lowest BCUT2D eigenvalue weighted by atomic mass is 10.0. The maximum absolute atomic E-state index is 13.1. The molecule has 0 bridgehead atoms. The molecule has 0 unspecified atom stereocenters. The van der Waals surface area contributed by atoms with E-state index >= 15 is 0 Å². The number of halogens is 1. The largest absolute Gasteiger partial charge is 0.466 e. The Bertz CT molecular complexity index is 1550. The molecular weight excluding hydrogens is 550 g/mol. The second kappa shape index (κ2) is 13.8. The Morgan fingerprint density at radius 1 is 0.925 bits per heavy atom. The minimum Gasteiger partial charge on any atom is -0.466 e. The first-order valence-corrected chi connectivity index (χ1v) is 15.4. The van der Waals surface area contributed by atoms with E-state index in [1.807, 2.05) is 0 Å². The number of hydrogen-bond acceptors (Lipinski definition) is 7. The minimum absolute atomic E-state index is 0.0305. The predicted molar refractivity (Wildman–Crippen MR) is 156 cm³/mol. The van der Waals surface area contributed by atoms with Crippen LogP contribution >= 0.6 is 11.6 Å². The number of carbonyl (C=O) groups is 1. The molecule has 0 saturated carbocycles. The van der Waals surface area contributed by atoms with Gasteiger partial charge in [-0.05, 0) is 67.3 Å². The van der Waals surface area contributed by atoms with Gasteiger partial charge in [-0.3, -0.25) is 4.79 Å². The molecule has 3 aromatic carbocycles. The average Bonchev–Trinajstić information content (AvgIpc) is 3.36. The van der Waals surface area contributed by atoms with Crippen LogP contribution in [0.2, 0.25) is 5.02 Å². The highest BCUT2D eigenvalue weighted by Gasteiger charge is 2.23. The van der Waals surface area contributed by atoms with Gasteiger partial charge in [-0.2, -0.15) is 8.42 Å². The predicted octanol–water partition coefficient (Wildman–Crippen LogP) is 6.99. The lowest BCUT2D eigenvalue weighted by molar-refractivity contribution is -0.143. The van der Waals surface area contributed by atoms with E-state index in [-0.39, 0.29) is 23.0 Å². The number of fused-ring (bicyclic) bond motifs is 1. The summed E-state index contributed by atoms with van der Waals surface area (Å²) in [5.41, 5.74) is 2.83. The van der Waals surface area contributed by atoms with E-state index in [0.29, 0.717) is 40.3 Å². The molecule has 0 atom stereocenters. The van der Waals surface area contributed by atoms with Crippen LogP contribution in [0.3, 0.4) is 0 Å². The summed E-state index contributed by atoms with van der Waals surface area (Å²) in [6.07, 6.45) is 7.33. The summed E-state index contributed by atoms with van der Waals surface area (Å²) in [6, 6.07) is 16.6. The van der Waals surface area contributed by atoms with Crippen molar-refractivity contribution < 1.29 is 22.1 Å². The molecule has 0 aliphatic rings. The third kappa shape index (κ3) is 7.82. The highest BCUT2D eigenvalue weighted by Crippen LogP contribution is 2.32.